The van der Waals surface area contributed by atoms with E-state index in [0.29, 0.717) is 0 Å². The van der Waals surface area contributed by atoms with E-state index in [1.807, 2.05) is 0 Å². The van der Waals surface area contributed by atoms with Crippen LogP contribution in [0.25, 0.3) is 0 Å². The van der Waals surface area contributed by atoms with Gasteiger partial charge in [0.25, 0.3) is 0 Å². The number of hydrogen-bond acceptors (Lipinski definition) is 4. The maximum Gasteiger partial charge on any atom is 0.421 e. The number of carboxylic acid groups (broad SMARTS) is 2. The fourth-order valence-electron chi connectivity index (χ4n) is 0.377. The molecule has 0 fully saturated rings. The van der Waals surface area contributed by atoms with Crippen molar-refractivity contribution in [3.05, 3.63) is 0 Å². The zero-order valence-electron chi connectivity index (χ0n) is 5.55. The van der Waals surface area contributed by atoms with Crippen molar-refractivity contribution in [2.24, 2.45) is 5.73 Å². The number of carboxylic acids is 1. The van der Waals surface area contributed by atoms with Crippen LogP contribution >= 0.6 is 12.2 Å². The average Bonchev–Trinajstić information content (AvgIpc) is 1.85. The fraction of sp³-hybridized carbons (Fsp3) is 0. The summed E-state index contributed by atoms with van der Waals surface area (Å²) < 4.78 is 0. The Morgan fingerprint density at radius 1 is 1.25 bits per heavy atom. The van der Waals surface area contributed by atoms with E-state index in [0.717, 1.165) is 0 Å². The summed E-state index contributed by atoms with van der Waals surface area (Å²) in [5.41, 5.74) is 4.77. The normalized spacial score (nSPS) is 8.67. The molecule has 0 unspecified atom stereocenters. The molecular weight excluding hydrogens is 188 g/mol. The van der Waals surface area contributed by atoms with E-state index < -0.39 is 23.1 Å². The van der Waals surface area contributed by atoms with Crippen molar-refractivity contribution in [1.82, 2.24) is 4.90 Å². The maximum atomic E-state index is 10.5. The molecule has 2 amide bonds. The van der Waals surface area contributed by atoms with E-state index in [1.54, 1.807) is 0 Å². The van der Waals surface area contributed by atoms with Crippen LogP contribution < -0.4 is 5.73 Å². The zero-order chi connectivity index (χ0) is 9.89. The molecule has 0 bridgehead atoms. The number of imide groups is 1. The second kappa shape index (κ2) is 3.62. The smallest absolute Gasteiger partial charge is 0.421 e. The number of nitrogens with zero attached hydrogens (tertiary/aromatic N) is 1. The Kier molecular flexibility index (Phi) is 3.11. The first-order valence-corrected chi connectivity index (χ1v) is 2.88. The molecule has 12 heavy (non-hydrogen) atoms. The van der Waals surface area contributed by atoms with Crippen LogP contribution in [0.5, 0.6) is 0 Å². The van der Waals surface area contributed by atoms with Gasteiger partial charge in [0.05, 0.1) is 0 Å². The van der Waals surface area contributed by atoms with Crippen molar-refractivity contribution < 1.29 is 24.6 Å². The molecule has 7 nitrogen and oxygen atoms in total. The summed E-state index contributed by atoms with van der Waals surface area (Å²) in [6.07, 6.45) is -1.82. The van der Waals surface area contributed by atoms with E-state index in [2.05, 4.69) is 12.2 Å². The van der Waals surface area contributed by atoms with E-state index in [9.17, 15) is 14.4 Å². The average molecular weight is 192 g/mol. The Morgan fingerprint density at radius 2 is 1.67 bits per heavy atom. The maximum absolute atomic E-state index is 10.5. The van der Waals surface area contributed by atoms with Gasteiger partial charge in [-0.1, -0.05) is 0 Å². The van der Waals surface area contributed by atoms with E-state index in [4.69, 9.17) is 15.9 Å². The molecule has 0 aromatic carbocycles. The summed E-state index contributed by atoms with van der Waals surface area (Å²) in [7, 11) is 0. The van der Waals surface area contributed by atoms with Crippen LogP contribution in [-0.2, 0) is 9.59 Å². The molecule has 0 aromatic heterocycles. The molecule has 0 saturated heterocycles. The highest BCUT2D eigenvalue weighted by Crippen LogP contribution is 1.91. The molecular formula is C4H4N2O5S. The van der Waals surface area contributed by atoms with Crippen LogP contribution in [0, 0.1) is 0 Å². The molecule has 0 aliphatic carbocycles. The number of aliphatic carboxylic acids is 1. The third kappa shape index (κ3) is 2.16. The number of thiocarbonyl (C=S) groups is 1. The van der Waals surface area contributed by atoms with Crippen molar-refractivity contribution in [2.75, 3.05) is 0 Å². The van der Waals surface area contributed by atoms with Crippen molar-refractivity contribution >= 4 is 35.3 Å². The summed E-state index contributed by atoms with van der Waals surface area (Å²) in [5, 5.41) is 15.5. The van der Waals surface area contributed by atoms with Gasteiger partial charge in [0, 0.05) is 0 Å². The molecule has 0 radical (unpaired) electrons. The van der Waals surface area contributed by atoms with Crippen molar-refractivity contribution in [3.8, 4) is 0 Å². The van der Waals surface area contributed by atoms with Gasteiger partial charge in [-0.2, -0.15) is 4.90 Å². The van der Waals surface area contributed by atoms with Gasteiger partial charge in [-0.3, -0.25) is 4.79 Å². The van der Waals surface area contributed by atoms with Gasteiger partial charge in [0.2, 0.25) is 0 Å². The molecule has 0 atom stereocenters. The first-order valence-electron chi connectivity index (χ1n) is 2.47. The molecule has 4 N–H and O–H groups in total. The summed E-state index contributed by atoms with van der Waals surface area (Å²) >= 11 is 4.13. The van der Waals surface area contributed by atoms with Gasteiger partial charge in [0.1, 0.15) is 0 Å². The first kappa shape index (κ1) is 10.3. The molecule has 0 aliphatic heterocycles. The second-order valence-electron chi connectivity index (χ2n) is 1.57. The molecule has 0 aromatic rings. The summed E-state index contributed by atoms with van der Waals surface area (Å²) in [5.74, 6) is -3.64. The Morgan fingerprint density at radius 3 is 1.75 bits per heavy atom. The van der Waals surface area contributed by atoms with Crippen LogP contribution in [-0.4, -0.2) is 38.2 Å². The highest BCUT2D eigenvalue weighted by atomic mass is 32.1. The molecule has 0 spiro atoms. The van der Waals surface area contributed by atoms with Crippen LogP contribution in [0.2, 0.25) is 0 Å². The highest BCUT2D eigenvalue weighted by molar-refractivity contribution is 7.80. The number of nitrogens with two attached hydrogens (primary N) is 1. The van der Waals surface area contributed by atoms with Gasteiger partial charge in [-0.05, 0) is 12.2 Å². The number of hydrogen-bond donors (Lipinski definition) is 3. The third-order valence-electron chi connectivity index (χ3n) is 0.798. The van der Waals surface area contributed by atoms with Gasteiger partial charge < -0.3 is 15.9 Å². The van der Waals surface area contributed by atoms with E-state index >= 15 is 0 Å². The van der Waals surface area contributed by atoms with E-state index in [-0.39, 0.29) is 4.90 Å². The fourth-order valence-corrected chi connectivity index (χ4v) is 0.538. The first-order chi connectivity index (χ1) is 5.37. The van der Waals surface area contributed by atoms with Gasteiger partial charge in [0.15, 0.2) is 5.11 Å². The number of carbonyl (C=O) groups excluding carboxylic acids is 1. The lowest BCUT2D eigenvalue weighted by Crippen LogP contribution is -2.47. The largest absolute Gasteiger partial charge is 0.474 e. The van der Waals surface area contributed by atoms with Crippen molar-refractivity contribution in [3.63, 3.8) is 0 Å². The Hall–Kier alpha value is -1.70. The zero-order valence-corrected chi connectivity index (χ0v) is 6.37. The predicted octanol–water partition coefficient (Wildman–Crippen LogP) is -1.18. The lowest BCUT2D eigenvalue weighted by molar-refractivity contribution is -0.152. The summed E-state index contributed by atoms with van der Waals surface area (Å²) in [6.45, 7) is 0. The lowest BCUT2D eigenvalue weighted by Gasteiger charge is -2.10. The standard InChI is InChI=1S/C4H4N2O5S/c5-3(12)6(4(10)11)1(7)2(8)9/h(H2,5,12)(H,8,9)(H,10,11). The summed E-state index contributed by atoms with van der Waals surface area (Å²) in [4.78, 5) is 30.4. The Labute approximate surface area is 71.4 Å². The quantitative estimate of drug-likeness (QED) is 0.326. The molecule has 0 aliphatic rings. The number of amides is 2. The lowest BCUT2D eigenvalue weighted by atomic mass is 10.5. The monoisotopic (exact) mass is 192 g/mol. The SMILES string of the molecule is NC(=S)N(C(=O)O)C(=O)C(=O)O. The minimum atomic E-state index is -1.94. The van der Waals surface area contributed by atoms with Crippen molar-refractivity contribution in [2.45, 2.75) is 0 Å². The molecule has 8 heteroatoms. The molecule has 0 rings (SSSR count). The van der Waals surface area contributed by atoms with Crippen LogP contribution in [0.4, 0.5) is 4.79 Å². The van der Waals surface area contributed by atoms with Gasteiger partial charge >= 0.3 is 18.0 Å². The molecule has 0 saturated carbocycles. The summed E-state index contributed by atoms with van der Waals surface area (Å²) in [6, 6.07) is 0. The van der Waals surface area contributed by atoms with Crippen LogP contribution in [0.1, 0.15) is 0 Å². The minimum absolute atomic E-state index is 0.238. The number of carbonyl (C=O) groups is 3. The van der Waals surface area contributed by atoms with E-state index in [1.165, 1.54) is 0 Å². The van der Waals surface area contributed by atoms with Crippen LogP contribution in [0.15, 0.2) is 0 Å². The van der Waals surface area contributed by atoms with Gasteiger partial charge in [-0.25, -0.2) is 9.59 Å². The van der Waals surface area contributed by atoms with Gasteiger partial charge in [-0.15, -0.1) is 0 Å². The Balaban J connectivity index is 4.76. The second-order valence-corrected chi connectivity index (χ2v) is 1.98. The topological polar surface area (TPSA) is 121 Å². The third-order valence-corrected chi connectivity index (χ3v) is 0.980. The molecule has 0 heterocycles. The predicted molar refractivity (Wildman–Crippen MR) is 39.3 cm³/mol. The Bertz CT molecular complexity index is 248. The van der Waals surface area contributed by atoms with Crippen LogP contribution in [0.3, 0.4) is 0 Å². The molecule has 66 valence electrons. The van der Waals surface area contributed by atoms with Crippen molar-refractivity contribution in [1.29, 1.82) is 0 Å². The highest BCUT2D eigenvalue weighted by Gasteiger charge is 2.28. The number of rotatable bonds is 0. The minimum Gasteiger partial charge on any atom is -0.474 e.